The van der Waals surface area contributed by atoms with E-state index in [4.69, 9.17) is 0 Å². The molecule has 0 unspecified atom stereocenters. The Labute approximate surface area is 145 Å². The van der Waals surface area contributed by atoms with Crippen LogP contribution in [0.2, 0.25) is 0 Å². The molecule has 2 N–H and O–H groups in total. The second-order valence-electron chi connectivity index (χ2n) is 5.03. The lowest BCUT2D eigenvalue weighted by Gasteiger charge is -2.09. The molecule has 1 aromatic carbocycles. The van der Waals surface area contributed by atoms with Crippen LogP contribution in [0.25, 0.3) is 0 Å². The zero-order valence-corrected chi connectivity index (χ0v) is 13.1. The van der Waals surface area contributed by atoms with Crippen molar-refractivity contribution in [3.8, 4) is 5.88 Å². The van der Waals surface area contributed by atoms with Gasteiger partial charge in [0.05, 0.1) is 18.4 Å². The van der Waals surface area contributed by atoms with Gasteiger partial charge in [-0.15, -0.1) is 0 Å². The first-order valence-corrected chi connectivity index (χ1v) is 7.22. The van der Waals surface area contributed by atoms with Crippen molar-refractivity contribution in [2.75, 3.05) is 18.5 Å². The number of hydrogen-bond acceptors (Lipinski definition) is 4. The van der Waals surface area contributed by atoms with E-state index in [2.05, 4.69) is 20.4 Å². The summed E-state index contributed by atoms with van der Waals surface area (Å²) in [5.74, 6) is -1.88. The fraction of sp³-hybridized carbons (Fsp3) is 0.188. The summed E-state index contributed by atoms with van der Waals surface area (Å²) in [6, 6.07) is 7.24. The molecule has 26 heavy (non-hydrogen) atoms. The summed E-state index contributed by atoms with van der Waals surface area (Å²) in [5, 5.41) is 4.75. The van der Waals surface area contributed by atoms with Crippen LogP contribution in [0, 0.1) is 5.82 Å². The summed E-state index contributed by atoms with van der Waals surface area (Å²) in [6.07, 6.45) is -3.36. The lowest BCUT2D eigenvalue weighted by atomic mass is 10.2. The van der Waals surface area contributed by atoms with Crippen molar-refractivity contribution < 1.29 is 31.9 Å². The molecule has 0 bridgehead atoms. The number of alkyl halides is 3. The second-order valence-corrected chi connectivity index (χ2v) is 5.03. The third-order valence-electron chi connectivity index (χ3n) is 2.92. The summed E-state index contributed by atoms with van der Waals surface area (Å²) in [4.78, 5) is 27.2. The highest BCUT2D eigenvalue weighted by Crippen LogP contribution is 2.17. The molecule has 0 spiro atoms. The van der Waals surface area contributed by atoms with Gasteiger partial charge in [0, 0.05) is 11.6 Å². The van der Waals surface area contributed by atoms with Gasteiger partial charge in [0.15, 0.2) is 6.61 Å². The number of carbonyl (C=O) groups excluding carboxylic acids is 2. The fourth-order valence-electron chi connectivity index (χ4n) is 1.76. The summed E-state index contributed by atoms with van der Waals surface area (Å²) >= 11 is 0. The van der Waals surface area contributed by atoms with E-state index in [1.807, 2.05) is 0 Å². The summed E-state index contributed by atoms with van der Waals surface area (Å²) < 4.78 is 53.3. The minimum absolute atomic E-state index is 0.187. The summed E-state index contributed by atoms with van der Waals surface area (Å²) in [6.45, 7) is -1.83. The first-order valence-electron chi connectivity index (χ1n) is 7.22. The molecule has 0 atom stereocenters. The van der Waals surface area contributed by atoms with Crippen LogP contribution in [0.4, 0.5) is 23.2 Å². The quantitative estimate of drug-likeness (QED) is 0.765. The Kier molecular flexibility index (Phi) is 6.10. The van der Waals surface area contributed by atoms with Crippen LogP contribution in [-0.2, 0) is 4.79 Å². The zero-order valence-electron chi connectivity index (χ0n) is 13.1. The fourth-order valence-corrected chi connectivity index (χ4v) is 1.76. The molecule has 1 heterocycles. The highest BCUT2D eigenvalue weighted by molar-refractivity contribution is 5.99. The van der Waals surface area contributed by atoms with Gasteiger partial charge in [-0.3, -0.25) is 9.59 Å². The van der Waals surface area contributed by atoms with E-state index in [0.717, 1.165) is 18.3 Å². The molecule has 0 aliphatic carbocycles. The van der Waals surface area contributed by atoms with Crippen LogP contribution in [0.3, 0.4) is 0 Å². The predicted octanol–water partition coefficient (Wildman–Crippen LogP) is 2.53. The van der Waals surface area contributed by atoms with E-state index in [9.17, 15) is 27.2 Å². The monoisotopic (exact) mass is 371 g/mol. The maximum absolute atomic E-state index is 12.8. The van der Waals surface area contributed by atoms with Crippen molar-refractivity contribution in [3.63, 3.8) is 0 Å². The lowest BCUT2D eigenvalue weighted by molar-refractivity contribution is -0.154. The number of pyridine rings is 1. The number of ether oxygens (including phenoxy) is 1. The van der Waals surface area contributed by atoms with Crippen molar-refractivity contribution in [2.45, 2.75) is 6.18 Å². The number of carbonyl (C=O) groups is 2. The average molecular weight is 371 g/mol. The van der Waals surface area contributed by atoms with E-state index >= 15 is 0 Å². The Hall–Kier alpha value is -3.17. The van der Waals surface area contributed by atoms with E-state index in [1.54, 1.807) is 0 Å². The maximum Gasteiger partial charge on any atom is 0.422 e. The SMILES string of the molecule is O=C(CNC(=O)c1ccc(F)cc1)Nc1ccc(OCC(F)(F)F)nc1. The van der Waals surface area contributed by atoms with Crippen LogP contribution in [0.15, 0.2) is 42.6 Å². The molecule has 0 fully saturated rings. The number of anilines is 1. The Morgan fingerprint density at radius 3 is 2.35 bits per heavy atom. The van der Waals surface area contributed by atoms with E-state index < -0.39 is 30.4 Å². The molecule has 2 rings (SSSR count). The molecular formula is C16H13F4N3O3. The molecule has 6 nitrogen and oxygen atoms in total. The Bertz CT molecular complexity index is 762. The van der Waals surface area contributed by atoms with Gasteiger partial charge in [-0.05, 0) is 30.3 Å². The van der Waals surface area contributed by atoms with Gasteiger partial charge in [0.25, 0.3) is 5.91 Å². The number of nitrogens with one attached hydrogen (secondary N) is 2. The van der Waals surface area contributed by atoms with Crippen LogP contribution < -0.4 is 15.4 Å². The van der Waals surface area contributed by atoms with Crippen molar-refractivity contribution in [3.05, 3.63) is 54.0 Å². The predicted molar refractivity (Wildman–Crippen MR) is 83.1 cm³/mol. The van der Waals surface area contributed by atoms with Crippen molar-refractivity contribution >= 4 is 17.5 Å². The lowest BCUT2D eigenvalue weighted by Crippen LogP contribution is -2.32. The minimum Gasteiger partial charge on any atom is -0.468 e. The standard InChI is InChI=1S/C16H13F4N3O3/c17-11-3-1-10(2-4-11)15(25)22-8-13(24)23-12-5-6-14(21-7-12)26-9-16(18,19)20/h1-7H,8-9H2,(H,22,25)(H,23,24). The number of halogens is 4. The topological polar surface area (TPSA) is 80.3 Å². The number of amides is 2. The molecule has 2 amide bonds. The maximum atomic E-state index is 12.8. The third kappa shape index (κ3) is 6.38. The van der Waals surface area contributed by atoms with Gasteiger partial charge >= 0.3 is 6.18 Å². The highest BCUT2D eigenvalue weighted by atomic mass is 19.4. The number of hydrogen-bond donors (Lipinski definition) is 2. The van der Waals surface area contributed by atoms with Crippen LogP contribution in [-0.4, -0.2) is 36.1 Å². The molecular weight excluding hydrogens is 358 g/mol. The third-order valence-corrected chi connectivity index (χ3v) is 2.92. The van der Waals surface area contributed by atoms with Crippen molar-refractivity contribution in [1.29, 1.82) is 0 Å². The van der Waals surface area contributed by atoms with Gasteiger partial charge in [-0.2, -0.15) is 13.2 Å². The molecule has 10 heteroatoms. The van der Waals surface area contributed by atoms with Gasteiger partial charge < -0.3 is 15.4 Å². The normalized spacial score (nSPS) is 10.9. The van der Waals surface area contributed by atoms with Gasteiger partial charge in [0.1, 0.15) is 5.82 Å². The van der Waals surface area contributed by atoms with E-state index in [0.29, 0.717) is 0 Å². The summed E-state index contributed by atoms with van der Waals surface area (Å²) in [7, 11) is 0. The molecule has 0 aliphatic heterocycles. The Morgan fingerprint density at radius 2 is 1.77 bits per heavy atom. The highest BCUT2D eigenvalue weighted by Gasteiger charge is 2.28. The van der Waals surface area contributed by atoms with Crippen LogP contribution >= 0.6 is 0 Å². The van der Waals surface area contributed by atoms with Crippen LogP contribution in [0.5, 0.6) is 5.88 Å². The van der Waals surface area contributed by atoms with Crippen LogP contribution in [0.1, 0.15) is 10.4 Å². The molecule has 0 saturated carbocycles. The number of nitrogens with zero attached hydrogens (tertiary/aromatic N) is 1. The number of rotatable bonds is 6. The first-order chi connectivity index (χ1) is 12.2. The molecule has 138 valence electrons. The van der Waals surface area contributed by atoms with Gasteiger partial charge in [0.2, 0.25) is 11.8 Å². The first kappa shape index (κ1) is 19.2. The molecule has 0 radical (unpaired) electrons. The summed E-state index contributed by atoms with van der Waals surface area (Å²) in [5.41, 5.74) is 0.400. The molecule has 0 aliphatic rings. The van der Waals surface area contributed by atoms with Crippen molar-refractivity contribution in [2.24, 2.45) is 0 Å². The zero-order chi connectivity index (χ0) is 19.2. The largest absolute Gasteiger partial charge is 0.468 e. The van der Waals surface area contributed by atoms with E-state index in [-0.39, 0.29) is 23.7 Å². The Morgan fingerprint density at radius 1 is 1.08 bits per heavy atom. The second kappa shape index (κ2) is 8.28. The molecule has 1 aromatic heterocycles. The number of benzene rings is 1. The van der Waals surface area contributed by atoms with Gasteiger partial charge in [-0.25, -0.2) is 9.37 Å². The Balaban J connectivity index is 1.80. The van der Waals surface area contributed by atoms with Gasteiger partial charge in [-0.1, -0.05) is 0 Å². The molecule has 2 aromatic rings. The van der Waals surface area contributed by atoms with Crippen molar-refractivity contribution in [1.82, 2.24) is 10.3 Å². The average Bonchev–Trinajstić information content (AvgIpc) is 2.59. The smallest absolute Gasteiger partial charge is 0.422 e. The minimum atomic E-state index is -4.47. The van der Waals surface area contributed by atoms with E-state index in [1.165, 1.54) is 24.3 Å². The molecule has 0 saturated heterocycles. The number of aromatic nitrogens is 1.